The molecule has 3 aromatic rings. The van der Waals surface area contributed by atoms with Crippen molar-refractivity contribution in [2.45, 2.75) is 31.1 Å². The third-order valence-corrected chi connectivity index (χ3v) is 5.44. The zero-order valence-electron chi connectivity index (χ0n) is 18.4. The molecule has 0 saturated heterocycles. The summed E-state index contributed by atoms with van der Waals surface area (Å²) in [5, 5.41) is 7.86. The van der Waals surface area contributed by atoms with Crippen molar-refractivity contribution in [3.05, 3.63) is 65.2 Å². The maximum absolute atomic E-state index is 13.3. The molecular weight excluding hydrogens is 503 g/mol. The second kappa shape index (κ2) is 9.85. The van der Waals surface area contributed by atoms with Crippen LogP contribution in [0.3, 0.4) is 0 Å². The van der Waals surface area contributed by atoms with Gasteiger partial charge in [-0.05, 0) is 43.2 Å². The number of hydrogen-bond acceptors (Lipinski definition) is 8. The molecule has 5 N–H and O–H groups in total. The number of anilines is 3. The second-order valence-corrected chi connectivity index (χ2v) is 8.34. The number of ether oxygens (including phenoxy) is 1. The topological polar surface area (TPSA) is 144 Å². The highest BCUT2D eigenvalue weighted by Gasteiger charge is 2.51. The van der Waals surface area contributed by atoms with E-state index in [4.69, 9.17) is 22.1 Å². The van der Waals surface area contributed by atoms with Crippen LogP contribution >= 0.6 is 11.6 Å². The number of halogens is 4. The Labute approximate surface area is 207 Å². The van der Waals surface area contributed by atoms with E-state index in [1.165, 1.54) is 36.8 Å². The zero-order chi connectivity index (χ0) is 25.9. The van der Waals surface area contributed by atoms with Gasteiger partial charge in [-0.15, -0.1) is 0 Å². The van der Waals surface area contributed by atoms with Crippen molar-refractivity contribution in [1.82, 2.24) is 25.6 Å². The first-order valence-corrected chi connectivity index (χ1v) is 10.9. The minimum atomic E-state index is -4.59. The number of nitrogens with zero attached hydrogens (tertiary/aromatic N) is 3. The molecule has 14 heteroatoms. The number of benzene rings is 1. The van der Waals surface area contributed by atoms with Crippen molar-refractivity contribution in [2.75, 3.05) is 11.1 Å². The molecule has 0 unspecified atom stereocenters. The Kier molecular flexibility index (Phi) is 6.84. The molecule has 1 aromatic carbocycles. The lowest BCUT2D eigenvalue weighted by atomic mass is 10.1. The Morgan fingerprint density at radius 2 is 1.81 bits per heavy atom. The van der Waals surface area contributed by atoms with Crippen LogP contribution < -0.4 is 26.4 Å². The Hall–Kier alpha value is -4.13. The van der Waals surface area contributed by atoms with Crippen LogP contribution in [-0.2, 0) is 17.5 Å². The number of carbonyl (C=O) groups is 2. The smallest absolute Gasteiger partial charge is 0.407 e. The van der Waals surface area contributed by atoms with Crippen LogP contribution in [0.2, 0.25) is 5.02 Å². The van der Waals surface area contributed by atoms with Gasteiger partial charge in [0.1, 0.15) is 5.54 Å². The van der Waals surface area contributed by atoms with Gasteiger partial charge < -0.3 is 26.4 Å². The molecule has 0 spiro atoms. The molecule has 2 aromatic heterocycles. The number of hydrogen-bond donors (Lipinski definition) is 4. The van der Waals surface area contributed by atoms with Crippen molar-refractivity contribution in [2.24, 2.45) is 0 Å². The van der Waals surface area contributed by atoms with Crippen molar-refractivity contribution in [1.29, 1.82) is 0 Å². The summed E-state index contributed by atoms with van der Waals surface area (Å²) in [6.45, 7) is 0.0398. The summed E-state index contributed by atoms with van der Waals surface area (Å²) >= 11 is 5.70. The van der Waals surface area contributed by atoms with Gasteiger partial charge in [0.2, 0.25) is 11.9 Å². The second-order valence-electron chi connectivity index (χ2n) is 7.91. The fourth-order valence-electron chi connectivity index (χ4n) is 3.20. The van der Waals surface area contributed by atoms with E-state index in [0.29, 0.717) is 24.2 Å². The molecule has 4 rings (SSSR count). The van der Waals surface area contributed by atoms with Gasteiger partial charge in [0, 0.05) is 5.02 Å². The Morgan fingerprint density at radius 1 is 1.08 bits per heavy atom. The molecule has 0 radical (unpaired) electrons. The molecule has 188 valence electrons. The van der Waals surface area contributed by atoms with Crippen LogP contribution in [0.15, 0.2) is 48.9 Å². The zero-order valence-corrected chi connectivity index (χ0v) is 19.2. The quantitative estimate of drug-likeness (QED) is 0.367. The number of nitrogen functional groups attached to an aromatic ring is 1. The molecule has 0 aliphatic heterocycles. The van der Waals surface area contributed by atoms with E-state index in [1.807, 2.05) is 0 Å². The molecule has 2 amide bonds. The molecule has 0 atom stereocenters. The van der Waals surface area contributed by atoms with E-state index in [2.05, 4.69) is 30.9 Å². The van der Waals surface area contributed by atoms with Crippen LogP contribution in [0.1, 0.15) is 24.1 Å². The SMILES string of the molecule is Nc1ncc(OC(=O)NC2(C(=O)NCc3ccc(Nc4ccc(Cl)cc4C(F)(F)F)cn3)CC2)cn1. The van der Waals surface area contributed by atoms with Gasteiger partial charge in [0.25, 0.3) is 0 Å². The normalized spacial score (nSPS) is 14.0. The molecule has 36 heavy (non-hydrogen) atoms. The Balaban J connectivity index is 1.31. The van der Waals surface area contributed by atoms with Gasteiger partial charge in [-0.25, -0.2) is 14.8 Å². The van der Waals surface area contributed by atoms with E-state index >= 15 is 0 Å². The summed E-state index contributed by atoms with van der Waals surface area (Å²) in [5.74, 6) is -0.334. The van der Waals surface area contributed by atoms with Gasteiger partial charge in [-0.1, -0.05) is 11.6 Å². The number of nitrogens with two attached hydrogens (primary N) is 1. The van der Waals surface area contributed by atoms with E-state index in [0.717, 1.165) is 6.07 Å². The highest BCUT2D eigenvalue weighted by molar-refractivity contribution is 6.30. The number of pyridine rings is 1. The van der Waals surface area contributed by atoms with Crippen molar-refractivity contribution in [3.63, 3.8) is 0 Å². The van der Waals surface area contributed by atoms with Gasteiger partial charge in [0.15, 0.2) is 5.75 Å². The first-order chi connectivity index (χ1) is 17.0. The van der Waals surface area contributed by atoms with Crippen LogP contribution in [0.25, 0.3) is 0 Å². The Bertz CT molecular complexity index is 1270. The van der Waals surface area contributed by atoms with Crippen LogP contribution in [0.4, 0.5) is 35.3 Å². The third kappa shape index (κ3) is 6.10. The number of rotatable bonds is 7. The number of aromatic nitrogens is 3. The molecule has 1 aliphatic rings. The first-order valence-electron chi connectivity index (χ1n) is 10.5. The maximum Gasteiger partial charge on any atom is 0.418 e. The summed E-state index contributed by atoms with van der Waals surface area (Å²) in [7, 11) is 0. The van der Waals surface area contributed by atoms with E-state index in [-0.39, 0.29) is 29.0 Å². The summed E-state index contributed by atoms with van der Waals surface area (Å²) in [4.78, 5) is 36.3. The number of amides is 2. The Morgan fingerprint density at radius 3 is 2.42 bits per heavy atom. The monoisotopic (exact) mass is 521 g/mol. The molecular formula is C22H19ClF3N7O3. The van der Waals surface area contributed by atoms with Crippen LogP contribution in [-0.4, -0.2) is 32.5 Å². The van der Waals surface area contributed by atoms with E-state index < -0.39 is 29.3 Å². The average Bonchev–Trinajstić information content (AvgIpc) is 3.61. The fraction of sp³-hybridized carbons (Fsp3) is 0.227. The van der Waals surface area contributed by atoms with Gasteiger partial charge in [0.05, 0.1) is 47.8 Å². The molecule has 2 heterocycles. The standard InChI is InChI=1S/C22H19ClF3N7O3/c23-12-1-4-17(16(7-12)22(24,25)26)32-14-3-2-13(28-9-14)8-29-18(34)21(5-6-21)33-20(35)36-15-10-30-19(27)31-11-15/h1-4,7,9-11,32H,5-6,8H2,(H,29,34)(H,33,35)(H2,27,30,31). The predicted octanol–water partition coefficient (Wildman–Crippen LogP) is 3.81. The largest absolute Gasteiger partial charge is 0.418 e. The molecule has 1 fully saturated rings. The maximum atomic E-state index is 13.3. The molecule has 0 bridgehead atoms. The number of carbonyl (C=O) groups excluding carboxylic acids is 2. The molecule has 1 aliphatic carbocycles. The summed E-state index contributed by atoms with van der Waals surface area (Å²) in [5.41, 5.74) is 3.96. The van der Waals surface area contributed by atoms with Crippen molar-refractivity contribution in [3.8, 4) is 5.75 Å². The fourth-order valence-corrected chi connectivity index (χ4v) is 3.37. The number of nitrogens with one attached hydrogen (secondary N) is 3. The van der Waals surface area contributed by atoms with Gasteiger partial charge in [-0.2, -0.15) is 13.2 Å². The predicted molar refractivity (Wildman–Crippen MR) is 123 cm³/mol. The summed E-state index contributed by atoms with van der Waals surface area (Å²) in [6.07, 6.45) is -0.799. The summed E-state index contributed by atoms with van der Waals surface area (Å²) in [6, 6.07) is 6.49. The lowest BCUT2D eigenvalue weighted by Gasteiger charge is -2.17. The van der Waals surface area contributed by atoms with Crippen molar-refractivity contribution < 1.29 is 27.5 Å². The lowest BCUT2D eigenvalue weighted by molar-refractivity contribution is -0.137. The van der Waals surface area contributed by atoms with Gasteiger partial charge >= 0.3 is 12.3 Å². The van der Waals surface area contributed by atoms with E-state index in [1.54, 1.807) is 6.07 Å². The lowest BCUT2D eigenvalue weighted by Crippen LogP contribution is -2.49. The van der Waals surface area contributed by atoms with Crippen LogP contribution in [0.5, 0.6) is 5.75 Å². The van der Waals surface area contributed by atoms with Gasteiger partial charge in [-0.3, -0.25) is 9.78 Å². The number of alkyl halides is 3. The first kappa shape index (κ1) is 25.0. The highest BCUT2D eigenvalue weighted by Crippen LogP contribution is 2.38. The highest BCUT2D eigenvalue weighted by atomic mass is 35.5. The third-order valence-electron chi connectivity index (χ3n) is 5.21. The minimum Gasteiger partial charge on any atom is -0.407 e. The average molecular weight is 522 g/mol. The molecule has 10 nitrogen and oxygen atoms in total. The van der Waals surface area contributed by atoms with E-state index in [9.17, 15) is 22.8 Å². The molecule has 1 saturated carbocycles. The minimum absolute atomic E-state index is 0.0225. The van der Waals surface area contributed by atoms with Crippen LogP contribution in [0, 0.1) is 0 Å². The summed E-state index contributed by atoms with van der Waals surface area (Å²) < 4.78 is 44.9. The van der Waals surface area contributed by atoms with Crippen molar-refractivity contribution >= 4 is 40.9 Å².